The van der Waals surface area contributed by atoms with Crippen molar-refractivity contribution in [3.05, 3.63) is 65.7 Å². The van der Waals surface area contributed by atoms with Crippen LogP contribution in [0.4, 0.5) is 14.5 Å². The van der Waals surface area contributed by atoms with Crippen LogP contribution in [0.25, 0.3) is 0 Å². The first-order chi connectivity index (χ1) is 13.3. The Bertz CT molecular complexity index is 1060. The van der Waals surface area contributed by atoms with Gasteiger partial charge in [0.25, 0.3) is 5.91 Å². The van der Waals surface area contributed by atoms with Crippen LogP contribution in [-0.4, -0.2) is 42.3 Å². The highest BCUT2D eigenvalue weighted by atomic mass is 32.2. The molecule has 2 aliphatic heterocycles. The molecule has 0 bridgehead atoms. The van der Waals surface area contributed by atoms with Gasteiger partial charge in [-0.1, -0.05) is 36.0 Å². The van der Waals surface area contributed by atoms with Crippen LogP contribution >= 0.6 is 11.8 Å². The summed E-state index contributed by atoms with van der Waals surface area (Å²) in [6.45, 7) is 0. The van der Waals surface area contributed by atoms with E-state index in [0.717, 1.165) is 0 Å². The van der Waals surface area contributed by atoms with E-state index in [9.17, 15) is 22.0 Å². The minimum absolute atomic E-state index is 0.0247. The third kappa shape index (κ3) is 3.81. The maximum atomic E-state index is 14.4. The minimum atomic E-state index is -3.22. The summed E-state index contributed by atoms with van der Waals surface area (Å²) < 4.78 is 51.5. The van der Waals surface area contributed by atoms with Crippen molar-refractivity contribution in [2.75, 3.05) is 16.4 Å². The molecular formula is C19H16F2N2O3S2. The number of amidine groups is 1. The summed E-state index contributed by atoms with van der Waals surface area (Å²) in [6.07, 6.45) is -0.0247. The molecule has 5 nitrogen and oxygen atoms in total. The Morgan fingerprint density at radius 1 is 1.11 bits per heavy atom. The maximum absolute atomic E-state index is 14.4. The quantitative estimate of drug-likeness (QED) is 0.761. The molecule has 2 atom stereocenters. The highest BCUT2D eigenvalue weighted by Crippen LogP contribution is 2.41. The number of para-hydroxylation sites is 1. The van der Waals surface area contributed by atoms with E-state index in [2.05, 4.69) is 4.99 Å². The third-order valence-electron chi connectivity index (χ3n) is 4.67. The van der Waals surface area contributed by atoms with E-state index >= 15 is 0 Å². The van der Waals surface area contributed by atoms with Crippen LogP contribution < -0.4 is 4.90 Å². The summed E-state index contributed by atoms with van der Waals surface area (Å²) in [5.41, 5.74) is 0.812. The number of benzene rings is 2. The number of amides is 1. The predicted molar refractivity (Wildman–Crippen MR) is 105 cm³/mol. The fraction of sp³-hybridized carbons (Fsp3) is 0.263. The molecule has 0 spiro atoms. The molecule has 2 fully saturated rings. The zero-order valence-electron chi connectivity index (χ0n) is 14.6. The number of thioether (sulfide) groups is 1. The van der Waals surface area contributed by atoms with Gasteiger partial charge in [-0.3, -0.25) is 4.79 Å². The number of anilines is 1. The molecule has 0 N–H and O–H groups in total. The lowest BCUT2D eigenvalue weighted by atomic mass is 10.1. The van der Waals surface area contributed by atoms with Gasteiger partial charge < -0.3 is 4.90 Å². The fourth-order valence-corrected chi connectivity index (χ4v) is 7.34. The lowest BCUT2D eigenvalue weighted by Crippen LogP contribution is -2.38. The molecular weight excluding hydrogens is 406 g/mol. The van der Waals surface area contributed by atoms with Gasteiger partial charge in [0.1, 0.15) is 11.6 Å². The second-order valence-electron chi connectivity index (χ2n) is 6.71. The van der Waals surface area contributed by atoms with Gasteiger partial charge in [0.2, 0.25) is 0 Å². The Hall–Kier alpha value is -2.26. The van der Waals surface area contributed by atoms with E-state index in [1.165, 1.54) is 47.0 Å². The zero-order chi connectivity index (χ0) is 19.9. The molecule has 2 unspecified atom stereocenters. The van der Waals surface area contributed by atoms with Crippen LogP contribution in [-0.2, 0) is 21.1 Å². The molecule has 0 saturated carbocycles. The Morgan fingerprint density at radius 3 is 2.54 bits per heavy atom. The zero-order valence-corrected chi connectivity index (χ0v) is 16.2. The number of rotatable bonds is 3. The number of carbonyl (C=O) groups is 1. The first kappa shape index (κ1) is 19.1. The minimum Gasteiger partial charge on any atom is -0.313 e. The van der Waals surface area contributed by atoms with Crippen LogP contribution in [0.2, 0.25) is 0 Å². The van der Waals surface area contributed by atoms with Gasteiger partial charge in [-0.05, 0) is 29.8 Å². The molecule has 2 aromatic rings. The Labute approximate surface area is 165 Å². The standard InChI is InChI=1S/C19H16F2N2O3S2/c20-13-7-5-12(6-8-13)9-18(24)22-19-23(15-4-2-1-3-14(15)21)16-10-28(25,26)11-17(16)27-19/h1-8,16-17H,9-11H2. The van der Waals surface area contributed by atoms with E-state index in [0.29, 0.717) is 10.7 Å². The van der Waals surface area contributed by atoms with E-state index in [1.54, 1.807) is 18.2 Å². The van der Waals surface area contributed by atoms with Gasteiger partial charge in [0.15, 0.2) is 15.0 Å². The summed E-state index contributed by atoms with van der Waals surface area (Å²) >= 11 is 1.19. The van der Waals surface area contributed by atoms with Gasteiger partial charge in [0, 0.05) is 5.25 Å². The van der Waals surface area contributed by atoms with Crippen molar-refractivity contribution in [3.8, 4) is 0 Å². The first-order valence-electron chi connectivity index (χ1n) is 8.59. The summed E-state index contributed by atoms with van der Waals surface area (Å²) in [4.78, 5) is 18.1. The van der Waals surface area contributed by atoms with Crippen molar-refractivity contribution >= 4 is 38.4 Å². The normalized spacial score (nSPS) is 24.5. The molecule has 2 aliphatic rings. The van der Waals surface area contributed by atoms with Gasteiger partial charge in [-0.2, -0.15) is 4.99 Å². The van der Waals surface area contributed by atoms with Gasteiger partial charge in [-0.15, -0.1) is 0 Å². The average Bonchev–Trinajstić information content (AvgIpc) is 3.08. The van der Waals surface area contributed by atoms with Crippen LogP contribution in [0.1, 0.15) is 5.56 Å². The van der Waals surface area contributed by atoms with Crippen molar-refractivity contribution in [1.29, 1.82) is 0 Å². The number of hydrogen-bond donors (Lipinski definition) is 0. The van der Waals surface area contributed by atoms with Gasteiger partial charge in [0.05, 0.1) is 29.7 Å². The number of nitrogens with zero attached hydrogens (tertiary/aromatic N) is 2. The van der Waals surface area contributed by atoms with E-state index in [1.807, 2.05) is 0 Å². The topological polar surface area (TPSA) is 66.8 Å². The van der Waals surface area contributed by atoms with E-state index in [-0.39, 0.29) is 28.9 Å². The molecule has 2 heterocycles. The largest absolute Gasteiger partial charge is 0.313 e. The van der Waals surface area contributed by atoms with Crippen molar-refractivity contribution in [1.82, 2.24) is 0 Å². The van der Waals surface area contributed by atoms with Crippen molar-refractivity contribution < 1.29 is 22.0 Å². The molecule has 0 radical (unpaired) electrons. The maximum Gasteiger partial charge on any atom is 0.252 e. The number of halogens is 2. The number of carbonyl (C=O) groups excluding carboxylic acids is 1. The lowest BCUT2D eigenvalue weighted by Gasteiger charge is -2.24. The number of aliphatic imine (C=N–C) groups is 1. The van der Waals surface area contributed by atoms with Gasteiger partial charge in [-0.25, -0.2) is 17.2 Å². The summed E-state index contributed by atoms with van der Waals surface area (Å²) in [5.74, 6) is -1.50. The summed E-state index contributed by atoms with van der Waals surface area (Å²) in [7, 11) is -3.22. The highest BCUT2D eigenvalue weighted by molar-refractivity contribution is 8.16. The molecule has 4 rings (SSSR count). The Morgan fingerprint density at radius 2 is 1.82 bits per heavy atom. The number of sulfone groups is 1. The van der Waals surface area contributed by atoms with Crippen molar-refractivity contribution in [3.63, 3.8) is 0 Å². The molecule has 9 heteroatoms. The Kier molecular flexibility index (Phi) is 4.96. The fourth-order valence-electron chi connectivity index (χ4n) is 3.42. The second-order valence-corrected chi connectivity index (χ2v) is 10.1. The molecule has 2 aromatic carbocycles. The first-order valence-corrected chi connectivity index (χ1v) is 11.3. The molecule has 146 valence electrons. The van der Waals surface area contributed by atoms with Crippen molar-refractivity contribution in [2.24, 2.45) is 4.99 Å². The molecule has 2 saturated heterocycles. The monoisotopic (exact) mass is 422 g/mol. The smallest absolute Gasteiger partial charge is 0.252 e. The van der Waals surface area contributed by atoms with Crippen LogP contribution in [0.3, 0.4) is 0 Å². The number of fused-ring (bicyclic) bond motifs is 1. The second kappa shape index (κ2) is 7.29. The van der Waals surface area contributed by atoms with Gasteiger partial charge >= 0.3 is 0 Å². The predicted octanol–water partition coefficient (Wildman–Crippen LogP) is 2.81. The van der Waals surface area contributed by atoms with E-state index < -0.39 is 33.4 Å². The highest BCUT2D eigenvalue weighted by Gasteiger charge is 2.49. The molecule has 28 heavy (non-hydrogen) atoms. The molecule has 0 aromatic heterocycles. The van der Waals surface area contributed by atoms with Crippen molar-refractivity contribution in [2.45, 2.75) is 17.7 Å². The summed E-state index contributed by atoms with van der Waals surface area (Å²) in [6, 6.07) is 11.1. The SMILES string of the molecule is O=C(Cc1ccc(F)cc1)N=C1SC2CS(=O)(=O)CC2N1c1ccccc1F. The third-order valence-corrected chi connectivity index (χ3v) is 7.88. The van der Waals surface area contributed by atoms with Crippen LogP contribution in [0.5, 0.6) is 0 Å². The molecule has 1 amide bonds. The number of hydrogen-bond acceptors (Lipinski definition) is 4. The Balaban J connectivity index is 1.65. The van der Waals surface area contributed by atoms with E-state index in [4.69, 9.17) is 0 Å². The average molecular weight is 422 g/mol. The van der Waals surface area contributed by atoms with Crippen LogP contribution in [0.15, 0.2) is 53.5 Å². The van der Waals surface area contributed by atoms with Crippen LogP contribution in [0, 0.1) is 11.6 Å². The molecule has 0 aliphatic carbocycles. The summed E-state index contributed by atoms with van der Waals surface area (Å²) in [5, 5.41) is -0.0101. The lowest BCUT2D eigenvalue weighted by molar-refractivity contribution is -0.117.